The summed E-state index contributed by atoms with van der Waals surface area (Å²) in [5.41, 5.74) is 1.98. The Kier molecular flexibility index (Phi) is 6.93. The molecule has 0 fully saturated rings. The van der Waals surface area contributed by atoms with Gasteiger partial charge in [0.25, 0.3) is 0 Å². The van der Waals surface area contributed by atoms with Crippen LogP contribution in [0.1, 0.15) is 31.7 Å². The molecule has 0 bridgehead atoms. The van der Waals surface area contributed by atoms with Gasteiger partial charge in [0.1, 0.15) is 5.75 Å². The molecule has 3 heteroatoms. The molecule has 0 aliphatic rings. The van der Waals surface area contributed by atoms with Crippen LogP contribution in [0.3, 0.4) is 0 Å². The second-order valence-corrected chi connectivity index (χ2v) is 4.43. The van der Waals surface area contributed by atoms with Crippen molar-refractivity contribution in [1.82, 2.24) is 0 Å². The van der Waals surface area contributed by atoms with Crippen LogP contribution in [0, 0.1) is 0 Å². The molecule has 0 spiro atoms. The van der Waals surface area contributed by atoms with E-state index in [0.717, 1.165) is 18.4 Å². The number of phenolic OH excluding ortho intramolecular Hbond substituents is 1. The van der Waals surface area contributed by atoms with Gasteiger partial charge in [0.15, 0.2) is 0 Å². The first-order chi connectivity index (χ1) is 9.17. The van der Waals surface area contributed by atoms with E-state index in [0.29, 0.717) is 6.42 Å². The minimum Gasteiger partial charge on any atom is -0.507 e. The van der Waals surface area contributed by atoms with E-state index in [-0.39, 0.29) is 12.4 Å². The average Bonchev–Trinajstić information content (AvgIpc) is 2.43. The minimum atomic E-state index is -0.536. The number of allylic oxidation sites excluding steroid dienone is 1. The fraction of sp³-hybridized carbons (Fsp3) is 0.375. The zero-order valence-corrected chi connectivity index (χ0v) is 11.3. The summed E-state index contributed by atoms with van der Waals surface area (Å²) in [6.45, 7) is 2.01. The van der Waals surface area contributed by atoms with Crippen molar-refractivity contribution in [2.75, 3.05) is 6.61 Å². The Bertz CT molecular complexity index is 435. The third kappa shape index (κ3) is 5.73. The van der Waals surface area contributed by atoms with E-state index in [1.165, 1.54) is 5.57 Å². The highest BCUT2D eigenvalue weighted by molar-refractivity contribution is 5.59. The first kappa shape index (κ1) is 15.5. The molecule has 19 heavy (non-hydrogen) atoms. The Morgan fingerprint density at radius 3 is 2.68 bits per heavy atom. The third-order valence-corrected chi connectivity index (χ3v) is 2.98. The topological polar surface area (TPSA) is 60.7 Å². The van der Waals surface area contributed by atoms with E-state index < -0.39 is 6.10 Å². The van der Waals surface area contributed by atoms with Crippen molar-refractivity contribution in [2.24, 2.45) is 0 Å². The monoisotopic (exact) mass is 262 g/mol. The molecule has 0 heterocycles. The van der Waals surface area contributed by atoms with Gasteiger partial charge in [-0.2, -0.15) is 0 Å². The lowest BCUT2D eigenvalue weighted by Gasteiger charge is -2.08. The molecule has 0 unspecified atom stereocenters. The Labute approximate surface area is 114 Å². The van der Waals surface area contributed by atoms with E-state index in [9.17, 15) is 10.2 Å². The summed E-state index contributed by atoms with van der Waals surface area (Å²) in [5, 5.41) is 28.0. The smallest absolute Gasteiger partial charge is 0.122 e. The highest BCUT2D eigenvalue weighted by atomic mass is 16.3. The molecular weight excluding hydrogens is 240 g/mol. The lowest BCUT2D eigenvalue weighted by Crippen LogP contribution is -2.02. The molecule has 104 valence electrons. The number of hydrogen-bond acceptors (Lipinski definition) is 3. The summed E-state index contributed by atoms with van der Waals surface area (Å²) >= 11 is 0. The van der Waals surface area contributed by atoms with Crippen molar-refractivity contribution in [2.45, 2.75) is 32.3 Å². The first-order valence-electron chi connectivity index (χ1n) is 6.60. The molecule has 3 N–H and O–H groups in total. The predicted octanol–water partition coefficient (Wildman–Crippen LogP) is 2.88. The Morgan fingerprint density at radius 2 is 2.05 bits per heavy atom. The Hall–Kier alpha value is -1.58. The molecule has 1 rings (SSSR count). The van der Waals surface area contributed by atoms with Gasteiger partial charge < -0.3 is 15.3 Å². The van der Waals surface area contributed by atoms with E-state index in [1.54, 1.807) is 24.3 Å². The Balaban J connectivity index is 2.63. The molecule has 0 saturated carbocycles. The third-order valence-electron chi connectivity index (χ3n) is 2.98. The van der Waals surface area contributed by atoms with Crippen LogP contribution in [0.4, 0.5) is 0 Å². The zero-order valence-electron chi connectivity index (χ0n) is 11.3. The van der Waals surface area contributed by atoms with Crippen LogP contribution in [0.15, 0.2) is 42.0 Å². The van der Waals surface area contributed by atoms with E-state index >= 15 is 0 Å². The summed E-state index contributed by atoms with van der Waals surface area (Å²) < 4.78 is 0. The van der Waals surface area contributed by atoms with Crippen molar-refractivity contribution in [3.05, 3.63) is 47.6 Å². The van der Waals surface area contributed by atoms with Crippen molar-refractivity contribution in [1.29, 1.82) is 0 Å². The number of aliphatic hydroxyl groups excluding tert-OH is 2. The molecule has 0 radical (unpaired) electrons. The first-order valence-corrected chi connectivity index (χ1v) is 6.60. The molecule has 1 aromatic rings. The molecule has 0 aromatic heterocycles. The van der Waals surface area contributed by atoms with E-state index in [2.05, 4.69) is 6.92 Å². The zero-order chi connectivity index (χ0) is 14.1. The van der Waals surface area contributed by atoms with Gasteiger partial charge in [-0.15, -0.1) is 0 Å². The number of aromatic hydroxyl groups is 1. The van der Waals surface area contributed by atoms with Gasteiger partial charge in [-0.1, -0.05) is 48.9 Å². The highest BCUT2D eigenvalue weighted by Crippen LogP contribution is 2.22. The van der Waals surface area contributed by atoms with Crippen LogP contribution in [0.2, 0.25) is 0 Å². The standard InChI is InChI=1S/C16H22O3/c1-2-13(9-10-15(18)7-5-11-17)12-14-6-3-4-8-16(14)19/h3-8,12,15,17-19H,2,9-11H2,1H3/b7-5-,13-12+/t15-/m0/s1. The normalized spacial score (nSPS) is 13.9. The van der Waals surface area contributed by atoms with Crippen LogP contribution in [-0.2, 0) is 0 Å². The van der Waals surface area contributed by atoms with Crippen LogP contribution >= 0.6 is 0 Å². The molecule has 0 saturated heterocycles. The van der Waals surface area contributed by atoms with Gasteiger partial charge in [-0.3, -0.25) is 0 Å². The summed E-state index contributed by atoms with van der Waals surface area (Å²) in [5.74, 6) is 0.272. The van der Waals surface area contributed by atoms with E-state index in [1.807, 2.05) is 18.2 Å². The van der Waals surface area contributed by atoms with Crippen molar-refractivity contribution in [3.8, 4) is 5.75 Å². The summed E-state index contributed by atoms with van der Waals surface area (Å²) in [7, 11) is 0. The molecule has 0 aliphatic heterocycles. The maximum atomic E-state index is 9.72. The Morgan fingerprint density at radius 1 is 1.32 bits per heavy atom. The lowest BCUT2D eigenvalue weighted by molar-refractivity contribution is 0.211. The van der Waals surface area contributed by atoms with Gasteiger partial charge in [0, 0.05) is 5.56 Å². The van der Waals surface area contributed by atoms with Crippen molar-refractivity contribution >= 4 is 6.08 Å². The van der Waals surface area contributed by atoms with Crippen LogP contribution in [-0.4, -0.2) is 28.0 Å². The number of benzene rings is 1. The van der Waals surface area contributed by atoms with Crippen molar-refractivity contribution in [3.63, 3.8) is 0 Å². The summed E-state index contributed by atoms with van der Waals surface area (Å²) in [6.07, 6.45) is 6.84. The molecular formula is C16H22O3. The second kappa shape index (κ2) is 8.51. The molecule has 3 nitrogen and oxygen atoms in total. The lowest BCUT2D eigenvalue weighted by atomic mass is 10.0. The van der Waals surface area contributed by atoms with Crippen LogP contribution in [0.5, 0.6) is 5.75 Å². The average molecular weight is 262 g/mol. The van der Waals surface area contributed by atoms with Crippen molar-refractivity contribution < 1.29 is 15.3 Å². The highest BCUT2D eigenvalue weighted by Gasteiger charge is 2.03. The maximum absolute atomic E-state index is 9.72. The second-order valence-electron chi connectivity index (χ2n) is 4.43. The predicted molar refractivity (Wildman–Crippen MR) is 77.8 cm³/mol. The molecule has 1 atom stereocenters. The summed E-state index contributed by atoms with van der Waals surface area (Å²) in [6, 6.07) is 7.21. The van der Waals surface area contributed by atoms with Gasteiger partial charge in [0.2, 0.25) is 0 Å². The van der Waals surface area contributed by atoms with Crippen LogP contribution in [0.25, 0.3) is 6.08 Å². The summed E-state index contributed by atoms with van der Waals surface area (Å²) in [4.78, 5) is 0. The van der Waals surface area contributed by atoms with Gasteiger partial charge in [0.05, 0.1) is 12.7 Å². The fourth-order valence-corrected chi connectivity index (χ4v) is 1.83. The maximum Gasteiger partial charge on any atom is 0.122 e. The van der Waals surface area contributed by atoms with Gasteiger partial charge in [-0.05, 0) is 25.3 Å². The molecule has 1 aromatic carbocycles. The fourth-order valence-electron chi connectivity index (χ4n) is 1.83. The number of rotatable bonds is 7. The quantitative estimate of drug-likeness (QED) is 0.662. The van der Waals surface area contributed by atoms with E-state index in [4.69, 9.17) is 5.11 Å². The molecule has 0 amide bonds. The number of hydrogen-bond donors (Lipinski definition) is 3. The van der Waals surface area contributed by atoms with Gasteiger partial charge in [-0.25, -0.2) is 0 Å². The number of aliphatic hydroxyl groups is 2. The minimum absolute atomic E-state index is 0.0502. The molecule has 0 aliphatic carbocycles. The van der Waals surface area contributed by atoms with Gasteiger partial charge >= 0.3 is 0 Å². The number of phenols is 1. The number of para-hydroxylation sites is 1. The SMILES string of the molecule is CC/C(=C\c1ccccc1O)CC[C@@H](O)/C=C\CO. The largest absolute Gasteiger partial charge is 0.507 e. The van der Waals surface area contributed by atoms with Crippen LogP contribution < -0.4 is 0 Å².